The second-order valence-corrected chi connectivity index (χ2v) is 17.4. The molecule has 0 amide bonds. The normalized spacial score (nSPS) is 50.1. The zero-order valence-electron chi connectivity index (χ0n) is 30.7. The summed E-state index contributed by atoms with van der Waals surface area (Å²) >= 11 is 0. The maximum atomic E-state index is 4.33. The minimum Gasteiger partial charge on any atom is -0.663 e. The smallest absolute Gasteiger partial charge is 0.663 e. The zero-order chi connectivity index (χ0) is 32.6. The summed E-state index contributed by atoms with van der Waals surface area (Å²) < 4.78 is 0. The van der Waals surface area contributed by atoms with Crippen LogP contribution in [0.2, 0.25) is 0 Å². The zero-order valence-corrected chi connectivity index (χ0v) is 31.6. The van der Waals surface area contributed by atoms with Crippen molar-refractivity contribution in [3.63, 3.8) is 0 Å². The molecule has 4 saturated carbocycles. The van der Waals surface area contributed by atoms with Crippen LogP contribution in [0.25, 0.3) is 5.32 Å². The van der Waals surface area contributed by atoms with Crippen molar-refractivity contribution in [3.05, 3.63) is 12.2 Å². The van der Waals surface area contributed by atoms with Gasteiger partial charge in [-0.15, -0.1) is 0 Å². The molecule has 9 fully saturated rings. The summed E-state index contributed by atoms with van der Waals surface area (Å²) in [7, 11) is 0. The van der Waals surface area contributed by atoms with Crippen molar-refractivity contribution in [1.29, 1.82) is 0 Å². The van der Waals surface area contributed by atoms with Crippen molar-refractivity contribution in [2.24, 2.45) is 53.3 Å². The minimum absolute atomic E-state index is 0. The van der Waals surface area contributed by atoms with E-state index >= 15 is 0 Å². The van der Waals surface area contributed by atoms with Crippen LogP contribution in [0.3, 0.4) is 0 Å². The topological polar surface area (TPSA) is 110 Å². The van der Waals surface area contributed by atoms with Gasteiger partial charge in [0, 0.05) is 0 Å². The fourth-order valence-electron chi connectivity index (χ4n) is 13.0. The molecule has 5 heterocycles. The molecule has 0 aromatic carbocycles. The molecule has 17 atom stereocenters. The second-order valence-electron chi connectivity index (χ2n) is 17.4. The van der Waals surface area contributed by atoms with Gasteiger partial charge in [-0.1, -0.05) is 71.6 Å². The van der Waals surface area contributed by atoms with E-state index in [2.05, 4.69) is 54.8 Å². The first-order valence-electron chi connectivity index (χ1n) is 21.2. The van der Waals surface area contributed by atoms with Crippen molar-refractivity contribution < 1.29 is 17.1 Å². The Morgan fingerprint density at radius 3 is 1.04 bits per heavy atom. The third kappa shape index (κ3) is 7.60. The average Bonchev–Trinajstić information content (AvgIpc) is 3.85. The maximum absolute atomic E-state index is 4.33. The Balaban J connectivity index is 0.000000591. The van der Waals surface area contributed by atoms with Crippen molar-refractivity contribution in [2.75, 3.05) is 13.1 Å². The molecular formula is C39H71CuN9. The first-order valence-corrected chi connectivity index (χ1v) is 21.2. The Hall–Kier alpha value is 0.159. The van der Waals surface area contributed by atoms with Crippen LogP contribution in [0.5, 0.6) is 0 Å². The number of rotatable bonds is 4. The van der Waals surface area contributed by atoms with Crippen molar-refractivity contribution in [2.45, 2.75) is 172 Å². The summed E-state index contributed by atoms with van der Waals surface area (Å²) in [6, 6.07) is 0. The van der Waals surface area contributed by atoms with Crippen LogP contribution in [0, 0.1) is 60.2 Å². The molecule has 1 radical (unpaired) electrons. The molecule has 9 rings (SSSR count). The van der Waals surface area contributed by atoms with Gasteiger partial charge in [-0.05, 0) is 98.2 Å². The Morgan fingerprint density at radius 2 is 0.735 bits per heavy atom. The van der Waals surface area contributed by atoms with Crippen LogP contribution in [0.15, 0.2) is 0 Å². The van der Waals surface area contributed by atoms with Gasteiger partial charge in [-0.3, -0.25) is 42.5 Å². The van der Waals surface area contributed by atoms with E-state index < -0.39 is 0 Å². The first-order chi connectivity index (χ1) is 23.7. The summed E-state index contributed by atoms with van der Waals surface area (Å²) in [5.74, 6) is 6.56. The molecule has 17 unspecified atom stereocenters. The predicted molar refractivity (Wildman–Crippen MR) is 195 cm³/mol. The minimum atomic E-state index is 0. The molecule has 8 N–H and O–H groups in total. The van der Waals surface area contributed by atoms with E-state index in [1.807, 2.05) is 13.8 Å². The summed E-state index contributed by atoms with van der Waals surface area (Å²) in [5.41, 5.74) is 0. The van der Waals surface area contributed by atoms with Gasteiger partial charge in [0.2, 0.25) is 0 Å². The third-order valence-corrected chi connectivity index (χ3v) is 15.1. The molecule has 4 aliphatic carbocycles. The molecule has 5 saturated heterocycles. The fourth-order valence-corrected chi connectivity index (χ4v) is 13.0. The van der Waals surface area contributed by atoms with E-state index in [1.54, 1.807) is 0 Å². The summed E-state index contributed by atoms with van der Waals surface area (Å²) in [6.07, 6.45) is 26.2. The Bertz CT molecular complexity index is 1030. The van der Waals surface area contributed by atoms with Gasteiger partial charge in [0.25, 0.3) is 0 Å². The summed E-state index contributed by atoms with van der Waals surface area (Å²) in [5, 5.41) is 38.1. The van der Waals surface area contributed by atoms with E-state index in [9.17, 15) is 0 Å². The Kier molecular flexibility index (Phi) is 13.1. The van der Waals surface area contributed by atoms with Crippen LogP contribution < -0.4 is 42.5 Å². The molecule has 5 aliphatic heterocycles. The maximum Gasteiger partial charge on any atom is 2.00 e. The van der Waals surface area contributed by atoms with Gasteiger partial charge in [-0.2, -0.15) is 19.5 Å². The molecule has 10 heteroatoms. The van der Waals surface area contributed by atoms with E-state index in [0.29, 0.717) is 61.2 Å². The monoisotopic (exact) mass is 729 g/mol. The van der Waals surface area contributed by atoms with E-state index in [1.165, 1.54) is 103 Å². The van der Waals surface area contributed by atoms with E-state index in [4.69, 9.17) is 0 Å². The molecule has 0 aromatic rings. The SMILES string of the molecule is CC[N-]CC.[CH2-]CCC1CCCC2C3NC4NC(NC5NC(NC6NC(NC(N3)C12)C1CCCCC61)C1CCCCC51)C1CCCCC41.[Cu+2]. The average molecular weight is 730 g/mol. The van der Waals surface area contributed by atoms with E-state index in [0.717, 1.165) is 60.9 Å². The van der Waals surface area contributed by atoms with Gasteiger partial charge < -0.3 is 12.2 Å². The molecule has 283 valence electrons. The van der Waals surface area contributed by atoms with Crippen LogP contribution >= 0.6 is 0 Å². The molecule has 0 aromatic heterocycles. The van der Waals surface area contributed by atoms with Crippen molar-refractivity contribution in [1.82, 2.24) is 42.5 Å². The van der Waals surface area contributed by atoms with Crippen LogP contribution in [-0.4, -0.2) is 62.4 Å². The molecule has 8 bridgehead atoms. The van der Waals surface area contributed by atoms with Crippen LogP contribution in [0.1, 0.15) is 123 Å². The van der Waals surface area contributed by atoms with Crippen molar-refractivity contribution in [3.8, 4) is 0 Å². The standard InChI is InChI=1S/C35H61N8.C4H10N.Cu/c1-2-10-19-11-9-18-26-27(19)35-42-33-25-17-8-7-16-24(25)31(40-33)38-29-21-13-4-3-12-20(21)28(36-29)37-30-22-14-5-6-15-23(22)32(39-30)41-34(26)43-35;1-3-5-4-2;/h19-43H,1-18H2;3-4H2,1-2H3;/q2*-1;+2. The Labute approximate surface area is 309 Å². The van der Waals surface area contributed by atoms with Crippen LogP contribution in [-0.2, 0) is 17.1 Å². The summed E-state index contributed by atoms with van der Waals surface area (Å²) in [4.78, 5) is 0. The first kappa shape index (κ1) is 37.5. The van der Waals surface area contributed by atoms with Gasteiger partial charge in [0.1, 0.15) is 0 Å². The molecule has 49 heavy (non-hydrogen) atoms. The molecular weight excluding hydrogens is 658 g/mol. The number of nitrogens with one attached hydrogen (secondary N) is 8. The van der Waals surface area contributed by atoms with Crippen LogP contribution in [0.4, 0.5) is 0 Å². The second kappa shape index (κ2) is 17.1. The Morgan fingerprint density at radius 1 is 0.429 bits per heavy atom. The fraction of sp³-hybridized carbons (Fsp3) is 0.974. The van der Waals surface area contributed by atoms with Crippen molar-refractivity contribution >= 4 is 0 Å². The molecule has 9 nitrogen and oxygen atoms in total. The number of hydrogen-bond donors (Lipinski definition) is 8. The molecule has 0 spiro atoms. The van der Waals surface area contributed by atoms with E-state index in [-0.39, 0.29) is 17.1 Å². The largest absolute Gasteiger partial charge is 2.00 e. The van der Waals surface area contributed by atoms with Gasteiger partial charge in [-0.25, -0.2) is 0 Å². The third-order valence-electron chi connectivity index (χ3n) is 15.1. The number of fused-ring (bicyclic) bond motifs is 20. The summed E-state index contributed by atoms with van der Waals surface area (Å²) in [6.45, 7) is 10.4. The predicted octanol–water partition coefficient (Wildman–Crippen LogP) is 4.84. The number of hydrogen-bond acceptors (Lipinski definition) is 8. The van der Waals surface area contributed by atoms with Gasteiger partial charge >= 0.3 is 17.1 Å². The van der Waals surface area contributed by atoms with Gasteiger partial charge in [0.15, 0.2) is 0 Å². The molecule has 9 aliphatic rings. The van der Waals surface area contributed by atoms with Gasteiger partial charge in [0.05, 0.1) is 49.3 Å². The number of nitrogens with zero attached hydrogens (tertiary/aromatic N) is 1. The quantitative estimate of drug-likeness (QED) is 0.154.